The fourth-order valence-electron chi connectivity index (χ4n) is 2.23. The second kappa shape index (κ2) is 6.49. The van der Waals surface area contributed by atoms with E-state index < -0.39 is 6.10 Å². The van der Waals surface area contributed by atoms with E-state index >= 15 is 0 Å². The van der Waals surface area contributed by atoms with Crippen LogP contribution in [0.4, 0.5) is 0 Å². The van der Waals surface area contributed by atoms with Crippen LogP contribution in [0.15, 0.2) is 24.4 Å². The first kappa shape index (κ1) is 15.2. The minimum absolute atomic E-state index is 0.375. The topological polar surface area (TPSA) is 65.7 Å². The van der Waals surface area contributed by atoms with Crippen LogP contribution in [0, 0.1) is 0 Å². The van der Waals surface area contributed by atoms with E-state index in [4.69, 9.17) is 14.2 Å². The number of aliphatic hydroxyl groups is 1. The Bertz CT molecular complexity index is 584. The van der Waals surface area contributed by atoms with Gasteiger partial charge in [0.2, 0.25) is 0 Å². The number of aryl methyl sites for hydroxylation is 1. The molecule has 0 bridgehead atoms. The largest absolute Gasteiger partial charge is 0.496 e. The smallest absolute Gasteiger partial charge is 0.132 e. The molecule has 1 aromatic carbocycles. The SMILES string of the molecule is COc1cc(OC)c(C(O)Cc2ccn(C)n2)c(OC)c1. The molecule has 6 heteroatoms. The molecule has 2 rings (SSSR count). The summed E-state index contributed by atoms with van der Waals surface area (Å²) in [6.45, 7) is 0. The molecule has 1 heterocycles. The molecular formula is C15H20N2O4. The van der Waals surface area contributed by atoms with Crippen LogP contribution in [-0.4, -0.2) is 36.2 Å². The van der Waals surface area contributed by atoms with Crippen molar-refractivity contribution in [3.05, 3.63) is 35.7 Å². The molecule has 21 heavy (non-hydrogen) atoms. The number of hydrogen-bond donors (Lipinski definition) is 1. The number of ether oxygens (including phenoxy) is 3. The summed E-state index contributed by atoms with van der Waals surface area (Å²) >= 11 is 0. The quantitative estimate of drug-likeness (QED) is 0.878. The maximum atomic E-state index is 10.5. The molecule has 1 atom stereocenters. The number of rotatable bonds is 6. The van der Waals surface area contributed by atoms with E-state index in [1.54, 1.807) is 38.1 Å². The van der Waals surface area contributed by atoms with Gasteiger partial charge in [-0.05, 0) is 6.07 Å². The van der Waals surface area contributed by atoms with Crippen molar-refractivity contribution < 1.29 is 19.3 Å². The summed E-state index contributed by atoms with van der Waals surface area (Å²) in [5.41, 5.74) is 1.39. The number of methoxy groups -OCH3 is 3. The fourth-order valence-corrected chi connectivity index (χ4v) is 2.23. The van der Waals surface area contributed by atoms with Gasteiger partial charge in [0.1, 0.15) is 17.2 Å². The zero-order valence-electron chi connectivity index (χ0n) is 12.7. The van der Waals surface area contributed by atoms with Gasteiger partial charge >= 0.3 is 0 Å². The van der Waals surface area contributed by atoms with Gasteiger partial charge < -0.3 is 19.3 Å². The summed E-state index contributed by atoms with van der Waals surface area (Å²) in [7, 11) is 6.50. The Labute approximate surface area is 123 Å². The summed E-state index contributed by atoms with van der Waals surface area (Å²) < 4.78 is 17.6. The molecule has 0 saturated carbocycles. The summed E-state index contributed by atoms with van der Waals surface area (Å²) in [5.74, 6) is 1.65. The van der Waals surface area contributed by atoms with Crippen LogP contribution < -0.4 is 14.2 Å². The second-order valence-corrected chi connectivity index (χ2v) is 4.65. The number of nitrogens with zero attached hydrogens (tertiary/aromatic N) is 2. The van der Waals surface area contributed by atoms with Crippen molar-refractivity contribution in [2.24, 2.45) is 7.05 Å². The zero-order chi connectivity index (χ0) is 15.4. The maximum absolute atomic E-state index is 10.5. The van der Waals surface area contributed by atoms with E-state index in [0.717, 1.165) is 5.69 Å². The molecule has 0 aliphatic rings. The zero-order valence-corrected chi connectivity index (χ0v) is 12.7. The van der Waals surface area contributed by atoms with Crippen molar-refractivity contribution in [3.8, 4) is 17.2 Å². The molecule has 0 spiro atoms. The molecule has 2 aromatic rings. The highest BCUT2D eigenvalue weighted by atomic mass is 16.5. The van der Waals surface area contributed by atoms with Gasteiger partial charge in [0.05, 0.1) is 38.7 Å². The van der Waals surface area contributed by atoms with Crippen LogP contribution in [0.3, 0.4) is 0 Å². The van der Waals surface area contributed by atoms with Crippen LogP contribution in [0.2, 0.25) is 0 Å². The highest BCUT2D eigenvalue weighted by Gasteiger charge is 2.21. The Morgan fingerprint density at radius 3 is 2.19 bits per heavy atom. The van der Waals surface area contributed by atoms with Crippen molar-refractivity contribution in [2.75, 3.05) is 21.3 Å². The molecule has 1 aromatic heterocycles. The summed E-state index contributed by atoms with van der Waals surface area (Å²) in [5, 5.41) is 14.8. The van der Waals surface area contributed by atoms with Crippen LogP contribution in [-0.2, 0) is 13.5 Å². The third-order valence-electron chi connectivity index (χ3n) is 3.26. The molecule has 1 N–H and O–H groups in total. The van der Waals surface area contributed by atoms with Gasteiger partial charge in [-0.2, -0.15) is 5.10 Å². The van der Waals surface area contributed by atoms with Gasteiger partial charge in [-0.1, -0.05) is 0 Å². The van der Waals surface area contributed by atoms with Crippen LogP contribution >= 0.6 is 0 Å². The van der Waals surface area contributed by atoms with Crippen molar-refractivity contribution in [2.45, 2.75) is 12.5 Å². The lowest BCUT2D eigenvalue weighted by atomic mass is 10.0. The molecule has 6 nitrogen and oxygen atoms in total. The number of aliphatic hydroxyl groups excluding tert-OH is 1. The Morgan fingerprint density at radius 1 is 1.14 bits per heavy atom. The number of hydrogen-bond acceptors (Lipinski definition) is 5. The summed E-state index contributed by atoms with van der Waals surface area (Å²) in [4.78, 5) is 0. The highest BCUT2D eigenvalue weighted by molar-refractivity contribution is 5.52. The minimum atomic E-state index is -0.782. The van der Waals surface area contributed by atoms with E-state index in [1.807, 2.05) is 19.3 Å². The Morgan fingerprint density at radius 2 is 1.76 bits per heavy atom. The predicted octanol–water partition coefficient (Wildman–Crippen LogP) is 1.72. The van der Waals surface area contributed by atoms with Gasteiger partial charge in [0, 0.05) is 31.8 Å². The van der Waals surface area contributed by atoms with E-state index in [-0.39, 0.29) is 0 Å². The van der Waals surface area contributed by atoms with Crippen LogP contribution in [0.25, 0.3) is 0 Å². The molecule has 0 saturated heterocycles. The first-order valence-electron chi connectivity index (χ1n) is 6.55. The number of benzene rings is 1. The fraction of sp³-hybridized carbons (Fsp3) is 0.400. The summed E-state index contributed by atoms with van der Waals surface area (Å²) in [6.07, 6.45) is 1.43. The first-order chi connectivity index (χ1) is 10.1. The van der Waals surface area contributed by atoms with Crippen molar-refractivity contribution in [1.29, 1.82) is 0 Å². The highest BCUT2D eigenvalue weighted by Crippen LogP contribution is 2.39. The average Bonchev–Trinajstić information content (AvgIpc) is 2.90. The number of aromatic nitrogens is 2. The predicted molar refractivity (Wildman–Crippen MR) is 78.0 cm³/mol. The van der Waals surface area contributed by atoms with E-state index in [9.17, 15) is 5.11 Å². The Hall–Kier alpha value is -2.21. The Kier molecular flexibility index (Phi) is 4.70. The van der Waals surface area contributed by atoms with Crippen LogP contribution in [0.1, 0.15) is 17.4 Å². The molecular weight excluding hydrogens is 272 g/mol. The van der Waals surface area contributed by atoms with E-state index in [1.165, 1.54) is 0 Å². The minimum Gasteiger partial charge on any atom is -0.496 e. The van der Waals surface area contributed by atoms with E-state index in [2.05, 4.69) is 5.10 Å². The Balaban J connectivity index is 2.36. The van der Waals surface area contributed by atoms with E-state index in [0.29, 0.717) is 29.2 Å². The van der Waals surface area contributed by atoms with Crippen molar-refractivity contribution in [1.82, 2.24) is 9.78 Å². The van der Waals surface area contributed by atoms with Gasteiger partial charge in [-0.3, -0.25) is 4.68 Å². The van der Waals surface area contributed by atoms with Gasteiger partial charge in [-0.15, -0.1) is 0 Å². The summed E-state index contributed by atoms with van der Waals surface area (Å²) in [6, 6.07) is 5.31. The molecule has 0 amide bonds. The molecule has 0 aliphatic heterocycles. The van der Waals surface area contributed by atoms with Crippen LogP contribution in [0.5, 0.6) is 17.2 Å². The molecule has 0 radical (unpaired) electrons. The van der Waals surface area contributed by atoms with Crippen molar-refractivity contribution >= 4 is 0 Å². The third kappa shape index (κ3) is 3.28. The molecule has 1 unspecified atom stereocenters. The molecule has 0 fully saturated rings. The van der Waals surface area contributed by atoms with Crippen molar-refractivity contribution in [3.63, 3.8) is 0 Å². The van der Waals surface area contributed by atoms with Gasteiger partial charge in [0.15, 0.2) is 0 Å². The molecule has 114 valence electrons. The second-order valence-electron chi connectivity index (χ2n) is 4.65. The first-order valence-corrected chi connectivity index (χ1v) is 6.55. The lowest BCUT2D eigenvalue weighted by molar-refractivity contribution is 0.167. The third-order valence-corrected chi connectivity index (χ3v) is 3.26. The van der Waals surface area contributed by atoms with Gasteiger partial charge in [0.25, 0.3) is 0 Å². The normalized spacial score (nSPS) is 12.0. The average molecular weight is 292 g/mol. The standard InChI is InChI=1S/C15H20N2O4/c1-17-6-5-10(16-17)7-12(18)15-13(20-3)8-11(19-2)9-14(15)21-4/h5-6,8-9,12,18H,7H2,1-4H3. The lowest BCUT2D eigenvalue weighted by Gasteiger charge is -2.18. The molecule has 0 aliphatic carbocycles. The maximum Gasteiger partial charge on any atom is 0.132 e. The monoisotopic (exact) mass is 292 g/mol. The van der Waals surface area contributed by atoms with Gasteiger partial charge in [-0.25, -0.2) is 0 Å². The lowest BCUT2D eigenvalue weighted by Crippen LogP contribution is -2.07.